The van der Waals surface area contributed by atoms with Crippen LogP contribution in [0.1, 0.15) is 39.2 Å². The van der Waals surface area contributed by atoms with Gasteiger partial charge in [0.25, 0.3) is 0 Å². The first-order chi connectivity index (χ1) is 8.34. The monoisotopic (exact) mass is 312 g/mol. The molecule has 0 bridgehead atoms. The molecule has 0 amide bonds. The van der Waals surface area contributed by atoms with E-state index in [9.17, 15) is 4.79 Å². The normalized spacial score (nSPS) is 11.4. The van der Waals surface area contributed by atoms with Crippen molar-refractivity contribution in [1.82, 2.24) is 0 Å². The lowest BCUT2D eigenvalue weighted by molar-refractivity contribution is -0.126. The predicted octanol–water partition coefficient (Wildman–Crippen LogP) is 4.40. The summed E-state index contributed by atoms with van der Waals surface area (Å²) in [5, 5.41) is 0. The number of rotatable bonds is 5. The van der Waals surface area contributed by atoms with Crippen molar-refractivity contribution >= 4 is 21.7 Å². The number of aryl methyl sites for hydroxylation is 1. The molecule has 100 valence electrons. The zero-order valence-electron chi connectivity index (χ0n) is 11.5. The van der Waals surface area contributed by atoms with Gasteiger partial charge in [-0.3, -0.25) is 4.79 Å². The minimum atomic E-state index is -0.222. The minimum absolute atomic E-state index is 0.222. The maximum Gasteiger partial charge on any atom is 0.138 e. The Morgan fingerprint density at radius 3 is 2.50 bits per heavy atom. The molecule has 0 aliphatic carbocycles. The Kier molecular flexibility index (Phi) is 5.39. The van der Waals surface area contributed by atoms with Gasteiger partial charge in [-0.1, -0.05) is 26.8 Å². The molecule has 0 aliphatic rings. The topological polar surface area (TPSA) is 26.3 Å². The molecule has 0 radical (unpaired) electrons. The van der Waals surface area contributed by atoms with Gasteiger partial charge < -0.3 is 4.74 Å². The fourth-order valence-electron chi connectivity index (χ4n) is 1.69. The van der Waals surface area contributed by atoms with E-state index in [2.05, 4.69) is 22.0 Å². The van der Waals surface area contributed by atoms with Crippen molar-refractivity contribution in [2.45, 2.75) is 40.0 Å². The molecular formula is C15H21BrO2. The quantitative estimate of drug-likeness (QED) is 0.805. The zero-order chi connectivity index (χ0) is 13.8. The third-order valence-electron chi connectivity index (χ3n) is 2.92. The van der Waals surface area contributed by atoms with Gasteiger partial charge in [0.05, 0.1) is 11.6 Å². The van der Waals surface area contributed by atoms with Gasteiger partial charge in [0, 0.05) is 11.8 Å². The second-order valence-electron chi connectivity index (χ2n) is 5.50. The van der Waals surface area contributed by atoms with Crippen LogP contribution in [0.4, 0.5) is 0 Å². The highest BCUT2D eigenvalue weighted by molar-refractivity contribution is 9.10. The largest absolute Gasteiger partial charge is 0.496 e. The van der Waals surface area contributed by atoms with Gasteiger partial charge in [-0.15, -0.1) is 0 Å². The van der Waals surface area contributed by atoms with E-state index in [0.717, 1.165) is 23.1 Å². The summed E-state index contributed by atoms with van der Waals surface area (Å²) in [6, 6.07) is 6.05. The molecule has 1 rings (SSSR count). The van der Waals surface area contributed by atoms with Gasteiger partial charge in [-0.25, -0.2) is 0 Å². The lowest BCUT2D eigenvalue weighted by Crippen LogP contribution is -2.19. The van der Waals surface area contributed by atoms with E-state index in [1.807, 2.05) is 32.9 Å². The summed E-state index contributed by atoms with van der Waals surface area (Å²) >= 11 is 3.47. The average Bonchev–Trinajstić information content (AvgIpc) is 2.28. The number of carbonyl (C=O) groups excluding carboxylic acids is 1. The first kappa shape index (κ1) is 15.2. The Hall–Kier alpha value is -0.830. The standard InChI is InChI=1S/C15H21BrO2/c1-15(2,3)14(17)7-5-6-11-8-9-13(18-4)12(16)10-11/h8-10H,5-7H2,1-4H3. The van der Waals surface area contributed by atoms with Crippen molar-refractivity contribution < 1.29 is 9.53 Å². The van der Waals surface area contributed by atoms with E-state index in [1.54, 1.807) is 7.11 Å². The maximum absolute atomic E-state index is 11.8. The third-order valence-corrected chi connectivity index (χ3v) is 3.54. The zero-order valence-corrected chi connectivity index (χ0v) is 13.1. The highest BCUT2D eigenvalue weighted by atomic mass is 79.9. The summed E-state index contributed by atoms with van der Waals surface area (Å²) in [5.74, 6) is 1.17. The van der Waals surface area contributed by atoms with E-state index in [-0.39, 0.29) is 5.41 Å². The maximum atomic E-state index is 11.8. The molecule has 1 aromatic carbocycles. The van der Waals surface area contributed by atoms with Crippen LogP contribution in [0.2, 0.25) is 0 Å². The van der Waals surface area contributed by atoms with Crippen molar-refractivity contribution in [2.75, 3.05) is 7.11 Å². The summed E-state index contributed by atoms with van der Waals surface area (Å²) < 4.78 is 6.15. The lowest BCUT2D eigenvalue weighted by atomic mass is 9.87. The summed E-state index contributed by atoms with van der Waals surface area (Å²) in [4.78, 5) is 11.8. The number of hydrogen-bond donors (Lipinski definition) is 0. The highest BCUT2D eigenvalue weighted by Gasteiger charge is 2.20. The van der Waals surface area contributed by atoms with Crippen molar-refractivity contribution in [1.29, 1.82) is 0 Å². The number of ketones is 1. The van der Waals surface area contributed by atoms with Crippen LogP contribution in [0.5, 0.6) is 5.75 Å². The van der Waals surface area contributed by atoms with Crippen LogP contribution in [-0.2, 0) is 11.2 Å². The number of halogens is 1. The van der Waals surface area contributed by atoms with Gasteiger partial charge in [-0.05, 0) is 46.5 Å². The van der Waals surface area contributed by atoms with Crippen molar-refractivity contribution in [3.8, 4) is 5.75 Å². The van der Waals surface area contributed by atoms with Crippen LogP contribution < -0.4 is 4.74 Å². The van der Waals surface area contributed by atoms with Crippen LogP contribution in [0.15, 0.2) is 22.7 Å². The number of methoxy groups -OCH3 is 1. The van der Waals surface area contributed by atoms with E-state index >= 15 is 0 Å². The van der Waals surface area contributed by atoms with Crippen LogP contribution >= 0.6 is 15.9 Å². The lowest BCUT2D eigenvalue weighted by Gasteiger charge is -2.16. The third kappa shape index (κ3) is 4.45. The highest BCUT2D eigenvalue weighted by Crippen LogP contribution is 2.26. The summed E-state index contributed by atoms with van der Waals surface area (Å²) in [7, 11) is 1.65. The van der Waals surface area contributed by atoms with Gasteiger partial charge in [0.1, 0.15) is 11.5 Å². The Labute approximate surface area is 118 Å². The van der Waals surface area contributed by atoms with E-state index in [4.69, 9.17) is 4.74 Å². The van der Waals surface area contributed by atoms with E-state index in [1.165, 1.54) is 5.56 Å². The molecule has 0 spiro atoms. The Balaban J connectivity index is 2.50. The van der Waals surface area contributed by atoms with Gasteiger partial charge in [0.2, 0.25) is 0 Å². The van der Waals surface area contributed by atoms with Crippen LogP contribution in [0, 0.1) is 5.41 Å². The molecule has 3 heteroatoms. The molecule has 2 nitrogen and oxygen atoms in total. The minimum Gasteiger partial charge on any atom is -0.496 e. The smallest absolute Gasteiger partial charge is 0.138 e. The molecule has 0 fully saturated rings. The second-order valence-corrected chi connectivity index (χ2v) is 6.35. The fourth-order valence-corrected chi connectivity index (χ4v) is 2.28. The Morgan fingerprint density at radius 1 is 1.33 bits per heavy atom. The number of benzene rings is 1. The fraction of sp³-hybridized carbons (Fsp3) is 0.533. The van der Waals surface area contributed by atoms with Crippen molar-refractivity contribution in [2.24, 2.45) is 5.41 Å². The first-order valence-corrected chi connectivity index (χ1v) is 6.99. The molecule has 0 heterocycles. The number of Topliss-reactive ketones (excluding diaryl/α,β-unsaturated/α-hetero) is 1. The van der Waals surface area contributed by atoms with Gasteiger partial charge >= 0.3 is 0 Å². The first-order valence-electron chi connectivity index (χ1n) is 6.20. The van der Waals surface area contributed by atoms with Gasteiger partial charge in [0.15, 0.2) is 0 Å². The van der Waals surface area contributed by atoms with Crippen molar-refractivity contribution in [3.63, 3.8) is 0 Å². The second kappa shape index (κ2) is 6.37. The molecule has 0 N–H and O–H groups in total. The molecule has 0 aromatic heterocycles. The van der Waals surface area contributed by atoms with Crippen LogP contribution in [0.25, 0.3) is 0 Å². The molecule has 0 unspecified atom stereocenters. The summed E-state index contributed by atoms with van der Waals surface area (Å²) in [6.07, 6.45) is 2.46. The molecular weight excluding hydrogens is 292 g/mol. The van der Waals surface area contributed by atoms with Crippen LogP contribution in [0.3, 0.4) is 0 Å². The molecule has 1 aromatic rings. The molecule has 0 saturated heterocycles. The molecule has 0 saturated carbocycles. The van der Waals surface area contributed by atoms with Gasteiger partial charge in [-0.2, -0.15) is 0 Å². The summed E-state index contributed by atoms with van der Waals surface area (Å²) in [6.45, 7) is 5.91. The molecule has 18 heavy (non-hydrogen) atoms. The van der Waals surface area contributed by atoms with Crippen molar-refractivity contribution in [3.05, 3.63) is 28.2 Å². The number of ether oxygens (including phenoxy) is 1. The molecule has 0 aliphatic heterocycles. The van der Waals surface area contributed by atoms with E-state index < -0.39 is 0 Å². The predicted molar refractivity (Wildman–Crippen MR) is 78.1 cm³/mol. The SMILES string of the molecule is COc1ccc(CCCC(=O)C(C)(C)C)cc1Br. The molecule has 0 atom stereocenters. The number of carbonyl (C=O) groups is 1. The average molecular weight is 313 g/mol. The van der Waals surface area contributed by atoms with E-state index in [0.29, 0.717) is 12.2 Å². The summed E-state index contributed by atoms with van der Waals surface area (Å²) in [5.41, 5.74) is 1.00. The number of hydrogen-bond acceptors (Lipinski definition) is 2. The van der Waals surface area contributed by atoms with Crippen LogP contribution in [-0.4, -0.2) is 12.9 Å². The Bertz CT molecular complexity index is 419. The Morgan fingerprint density at radius 2 is 2.00 bits per heavy atom.